The Balaban J connectivity index is 3.55. The lowest BCUT2D eigenvalue weighted by molar-refractivity contribution is -0.282. The minimum Gasteiger partial charge on any atom is -0.463 e. The van der Waals surface area contributed by atoms with Gasteiger partial charge in [-0.3, -0.25) is 33.7 Å². The van der Waals surface area contributed by atoms with Crippen LogP contribution in [0.3, 0.4) is 0 Å². The van der Waals surface area contributed by atoms with E-state index in [4.69, 9.17) is 23.7 Å². The lowest BCUT2D eigenvalue weighted by Gasteiger charge is -2.47. The van der Waals surface area contributed by atoms with Crippen molar-refractivity contribution in [3.63, 3.8) is 0 Å². The third kappa shape index (κ3) is 6.79. The highest BCUT2D eigenvalue weighted by Gasteiger charge is 2.55. The average molecular weight is 431 g/mol. The molecule has 30 heavy (non-hydrogen) atoms. The van der Waals surface area contributed by atoms with Gasteiger partial charge in [-0.15, -0.1) is 0 Å². The molecule has 12 heteroatoms. The Kier molecular flexibility index (Phi) is 8.90. The van der Waals surface area contributed by atoms with Crippen LogP contribution in [0.25, 0.3) is 0 Å². The quantitative estimate of drug-likeness (QED) is 0.394. The molecular weight excluding hydrogens is 406 g/mol. The van der Waals surface area contributed by atoms with Gasteiger partial charge in [0.25, 0.3) is 0 Å². The van der Waals surface area contributed by atoms with E-state index in [0.717, 1.165) is 41.5 Å². The predicted molar refractivity (Wildman–Crippen MR) is 95.2 cm³/mol. The first-order chi connectivity index (χ1) is 13.8. The molecule has 0 unspecified atom stereocenters. The van der Waals surface area contributed by atoms with E-state index >= 15 is 0 Å². The van der Waals surface area contributed by atoms with Crippen LogP contribution in [0.15, 0.2) is 0 Å². The van der Waals surface area contributed by atoms with Gasteiger partial charge in [0.05, 0.1) is 0 Å². The maximum atomic E-state index is 12.2. The largest absolute Gasteiger partial charge is 0.463 e. The zero-order valence-corrected chi connectivity index (χ0v) is 17.5. The maximum absolute atomic E-state index is 12.2. The monoisotopic (exact) mass is 431 g/mol. The van der Waals surface area contributed by atoms with Crippen LogP contribution in [0.1, 0.15) is 41.5 Å². The van der Waals surface area contributed by atoms with Crippen LogP contribution >= 0.6 is 0 Å². The minimum atomic E-state index is -1.59. The van der Waals surface area contributed by atoms with E-state index < -0.39 is 72.9 Å². The van der Waals surface area contributed by atoms with Crippen LogP contribution in [0.5, 0.6) is 0 Å². The second kappa shape index (κ2) is 10.7. The molecule has 0 aliphatic carbocycles. The van der Waals surface area contributed by atoms with Gasteiger partial charge >= 0.3 is 23.9 Å². The van der Waals surface area contributed by atoms with Crippen molar-refractivity contribution < 1.29 is 52.5 Å². The lowest BCUT2D eigenvalue weighted by atomic mass is 9.94. The Hall–Kier alpha value is -3.02. The van der Waals surface area contributed by atoms with Crippen LogP contribution < -0.4 is 0 Å². The molecule has 0 spiro atoms. The molecule has 1 rings (SSSR count). The number of carbonyl (C=O) groups excluding carboxylic acids is 6. The highest BCUT2D eigenvalue weighted by atomic mass is 16.7. The molecule has 5 atom stereocenters. The van der Waals surface area contributed by atoms with Crippen LogP contribution in [-0.4, -0.2) is 77.8 Å². The fourth-order valence-corrected chi connectivity index (χ4v) is 3.06. The van der Waals surface area contributed by atoms with Gasteiger partial charge < -0.3 is 23.7 Å². The molecule has 2 amide bonds. The first-order valence-electron chi connectivity index (χ1n) is 8.96. The first-order valence-corrected chi connectivity index (χ1v) is 8.96. The molecule has 0 aromatic heterocycles. The van der Waals surface area contributed by atoms with Crippen molar-refractivity contribution in [3.05, 3.63) is 0 Å². The number of nitrogens with zero attached hydrogens (tertiary/aromatic N) is 1. The van der Waals surface area contributed by atoms with Crippen molar-refractivity contribution >= 4 is 35.7 Å². The number of ether oxygens (including phenoxy) is 5. The number of hydrogen-bond donors (Lipinski definition) is 0. The van der Waals surface area contributed by atoms with Crippen molar-refractivity contribution in [2.75, 3.05) is 6.61 Å². The van der Waals surface area contributed by atoms with Gasteiger partial charge in [-0.1, -0.05) is 0 Å². The molecule has 1 saturated heterocycles. The van der Waals surface area contributed by atoms with E-state index in [2.05, 4.69) is 0 Å². The van der Waals surface area contributed by atoms with E-state index in [1.807, 2.05) is 0 Å². The zero-order valence-electron chi connectivity index (χ0n) is 17.5. The van der Waals surface area contributed by atoms with Gasteiger partial charge in [0.2, 0.25) is 18.1 Å². The van der Waals surface area contributed by atoms with E-state index in [1.165, 1.54) is 0 Å². The Bertz CT molecular complexity index is 705. The smallest absolute Gasteiger partial charge is 0.305 e. The van der Waals surface area contributed by atoms with E-state index in [9.17, 15) is 28.8 Å². The van der Waals surface area contributed by atoms with Crippen molar-refractivity contribution in [1.82, 2.24) is 4.90 Å². The number of amides is 2. The maximum Gasteiger partial charge on any atom is 0.305 e. The number of esters is 4. The van der Waals surface area contributed by atoms with Crippen LogP contribution in [0.4, 0.5) is 0 Å². The molecule has 1 aliphatic heterocycles. The molecule has 168 valence electrons. The highest BCUT2D eigenvalue weighted by Crippen LogP contribution is 2.31. The van der Waals surface area contributed by atoms with Crippen molar-refractivity contribution in [2.24, 2.45) is 0 Å². The summed E-state index contributed by atoms with van der Waals surface area (Å²) in [5, 5.41) is 0. The van der Waals surface area contributed by atoms with Crippen LogP contribution in [0.2, 0.25) is 0 Å². The zero-order chi connectivity index (χ0) is 23.2. The third-order valence-electron chi connectivity index (χ3n) is 3.93. The SMILES string of the molecule is CC(=O)OC[C@H]1O[C@@H](OC(C)=O)[C@H](N(C(C)=O)C(C)=O)[C@@H](OC(C)=O)[C@@H]1OC(C)=O. The topological polar surface area (TPSA) is 152 Å². The van der Waals surface area contributed by atoms with E-state index in [1.54, 1.807) is 0 Å². The highest BCUT2D eigenvalue weighted by molar-refractivity contribution is 5.93. The van der Waals surface area contributed by atoms with Gasteiger partial charge in [0.1, 0.15) is 18.8 Å². The summed E-state index contributed by atoms with van der Waals surface area (Å²) >= 11 is 0. The van der Waals surface area contributed by atoms with Crippen LogP contribution in [-0.2, 0) is 52.5 Å². The Labute approximate surface area is 172 Å². The second-order valence-electron chi connectivity index (χ2n) is 6.50. The predicted octanol–water partition coefficient (Wildman–Crippen LogP) is -0.535. The normalized spacial score (nSPS) is 25.5. The number of carbonyl (C=O) groups is 6. The molecule has 0 N–H and O–H groups in total. The van der Waals surface area contributed by atoms with E-state index in [-0.39, 0.29) is 0 Å². The van der Waals surface area contributed by atoms with Gasteiger partial charge in [-0.2, -0.15) is 0 Å². The molecule has 0 bridgehead atoms. The fourth-order valence-electron chi connectivity index (χ4n) is 3.06. The molecule has 1 heterocycles. The lowest BCUT2D eigenvalue weighted by Crippen LogP contribution is -2.68. The summed E-state index contributed by atoms with van der Waals surface area (Å²) in [4.78, 5) is 71.3. The molecular formula is C18H25NO11. The molecule has 0 radical (unpaired) electrons. The van der Waals surface area contributed by atoms with Crippen molar-refractivity contribution in [1.29, 1.82) is 0 Å². The Morgan fingerprint density at radius 3 is 1.57 bits per heavy atom. The fraction of sp³-hybridized carbons (Fsp3) is 0.667. The van der Waals surface area contributed by atoms with Gasteiger partial charge in [0, 0.05) is 41.5 Å². The standard InChI is InChI=1S/C18H25NO11/c1-8(20)19(9(2)21)15-17(28-12(5)24)16(27-11(4)23)14(7-26-10(3)22)30-18(15)29-13(6)25/h14-18H,7H2,1-6H3/t14-,15-,16-,17-,18-/m1/s1. The van der Waals surface area contributed by atoms with Crippen molar-refractivity contribution in [3.8, 4) is 0 Å². The second-order valence-corrected chi connectivity index (χ2v) is 6.50. The van der Waals surface area contributed by atoms with Gasteiger partial charge in [0.15, 0.2) is 12.2 Å². The number of imide groups is 1. The summed E-state index contributed by atoms with van der Waals surface area (Å²) in [6.45, 7) is 6.03. The molecule has 0 aromatic rings. The summed E-state index contributed by atoms with van der Waals surface area (Å²) in [6.07, 6.45) is -5.68. The van der Waals surface area contributed by atoms with Gasteiger partial charge in [-0.25, -0.2) is 0 Å². The molecule has 12 nitrogen and oxygen atoms in total. The summed E-state index contributed by atoms with van der Waals surface area (Å²) in [5.41, 5.74) is 0. The summed E-state index contributed by atoms with van der Waals surface area (Å²) in [6, 6.07) is -1.47. The Morgan fingerprint density at radius 1 is 0.700 bits per heavy atom. The summed E-state index contributed by atoms with van der Waals surface area (Å²) < 4.78 is 26.1. The molecule has 1 aliphatic rings. The van der Waals surface area contributed by atoms with E-state index in [0.29, 0.717) is 4.90 Å². The van der Waals surface area contributed by atoms with Crippen molar-refractivity contribution in [2.45, 2.75) is 72.2 Å². The Morgan fingerprint density at radius 2 is 1.17 bits per heavy atom. The molecule has 1 fully saturated rings. The third-order valence-corrected chi connectivity index (χ3v) is 3.93. The number of hydrogen-bond acceptors (Lipinski definition) is 11. The minimum absolute atomic E-state index is 0.449. The van der Waals surface area contributed by atoms with Gasteiger partial charge in [-0.05, 0) is 0 Å². The summed E-state index contributed by atoms with van der Waals surface area (Å²) in [5.74, 6) is -4.64. The number of rotatable bonds is 6. The van der Waals surface area contributed by atoms with Crippen LogP contribution in [0, 0.1) is 0 Å². The first kappa shape index (κ1) is 25.0. The molecule has 0 saturated carbocycles. The molecule has 0 aromatic carbocycles. The summed E-state index contributed by atoms with van der Waals surface area (Å²) in [7, 11) is 0. The average Bonchev–Trinajstić information content (AvgIpc) is 2.56.